The monoisotopic (exact) mass is 512 g/mol. The molecular weight excluding hydrogens is 486 g/mol. The maximum Gasteiger partial charge on any atom is -1.00 e. The van der Waals surface area contributed by atoms with Gasteiger partial charge in [-0.25, -0.2) is 11.6 Å². The Morgan fingerprint density at radius 3 is 1.67 bits per heavy atom. The molecule has 0 saturated carbocycles. The van der Waals surface area contributed by atoms with Crippen molar-refractivity contribution in [1.29, 1.82) is 0 Å². The van der Waals surface area contributed by atoms with E-state index in [2.05, 4.69) is 95.5 Å². The topological polar surface area (TPSA) is 0 Å². The SMILES string of the molecule is C=Cc1ccc2[cH-]c3ccc(C=C)cc3c2c1.CC1=CC(C)[C-]=C1.C[C](C)=[Zr+2].[Cl-].[Cl-]. The summed E-state index contributed by atoms with van der Waals surface area (Å²) in [5.74, 6) is 0.556. The molecule has 0 heterocycles. The fourth-order valence-electron chi connectivity index (χ4n) is 3.04. The second-order valence-corrected chi connectivity index (χ2v) is 9.71. The van der Waals surface area contributed by atoms with Crippen LogP contribution in [-0.4, -0.2) is 3.21 Å². The zero-order chi connectivity index (χ0) is 20.7. The van der Waals surface area contributed by atoms with Crippen LogP contribution in [0.3, 0.4) is 0 Å². The number of hydrogen-bond donors (Lipinski definition) is 0. The minimum absolute atomic E-state index is 0. The van der Waals surface area contributed by atoms with Gasteiger partial charge >= 0.3 is 41.3 Å². The van der Waals surface area contributed by atoms with Crippen molar-refractivity contribution in [3.63, 3.8) is 0 Å². The zero-order valence-corrected chi connectivity index (χ0v) is 22.1. The van der Waals surface area contributed by atoms with Crippen molar-refractivity contribution in [2.24, 2.45) is 5.92 Å². The van der Waals surface area contributed by atoms with E-state index in [1.54, 1.807) is 24.2 Å². The van der Waals surface area contributed by atoms with Crippen molar-refractivity contribution in [2.75, 3.05) is 0 Å². The van der Waals surface area contributed by atoms with Gasteiger partial charge in [0.2, 0.25) is 0 Å². The Labute approximate surface area is 209 Å². The quantitative estimate of drug-likeness (QED) is 0.457. The molecule has 0 saturated heterocycles. The van der Waals surface area contributed by atoms with Crippen molar-refractivity contribution >= 4 is 36.9 Å². The summed E-state index contributed by atoms with van der Waals surface area (Å²) in [5, 5.41) is 5.15. The van der Waals surface area contributed by atoms with E-state index in [-0.39, 0.29) is 24.8 Å². The molecule has 0 bridgehead atoms. The molecule has 1 unspecified atom stereocenters. The second-order valence-electron chi connectivity index (χ2n) is 7.26. The van der Waals surface area contributed by atoms with Gasteiger partial charge in [0.15, 0.2) is 0 Å². The average molecular weight is 515 g/mol. The number of fused-ring (bicyclic) bond motifs is 3. The van der Waals surface area contributed by atoms with E-state index in [1.807, 2.05) is 18.2 Å². The summed E-state index contributed by atoms with van der Waals surface area (Å²) in [6, 6.07) is 15.1. The summed E-state index contributed by atoms with van der Waals surface area (Å²) in [5.41, 5.74) is 3.66. The first-order chi connectivity index (χ1) is 13.3. The predicted octanol–water partition coefficient (Wildman–Crippen LogP) is 1.69. The average Bonchev–Trinajstić information content (AvgIpc) is 3.22. The van der Waals surface area contributed by atoms with Crippen LogP contribution >= 0.6 is 0 Å². The first-order valence-corrected chi connectivity index (χ1v) is 10.7. The molecule has 3 heteroatoms. The standard InChI is InChI=1S/C17H13.C7H9.C3H6.2ClH.Zr/c1-3-12-5-7-14-11-15-8-6-13(4-2)10-17(15)16(14)9-12;1-6-3-4-7(2)5-6;1-3-2;;;/h3-11H,1-2H2;3,5,7H,1-2H3;1-2H3;2*1H;/q2*-1;;;;+2/p-2. The Morgan fingerprint density at radius 1 is 0.967 bits per heavy atom. The fourth-order valence-corrected chi connectivity index (χ4v) is 3.04. The molecule has 0 N–H and O–H groups in total. The van der Waals surface area contributed by atoms with Crippen molar-refractivity contribution in [3.05, 3.63) is 90.6 Å². The normalized spacial score (nSPS) is 13.7. The van der Waals surface area contributed by atoms with Gasteiger partial charge in [-0.15, -0.1) is 46.7 Å². The van der Waals surface area contributed by atoms with Crippen LogP contribution in [0, 0.1) is 12.0 Å². The molecule has 0 aliphatic heterocycles. The van der Waals surface area contributed by atoms with E-state index < -0.39 is 0 Å². The molecule has 3 aromatic carbocycles. The summed E-state index contributed by atoms with van der Waals surface area (Å²) >= 11 is 1.55. The molecule has 0 amide bonds. The first kappa shape index (κ1) is 28.6. The molecular formula is C27H28Cl2Zr-2. The number of halogens is 2. The molecule has 0 spiro atoms. The van der Waals surface area contributed by atoms with Crippen LogP contribution in [0.2, 0.25) is 0 Å². The number of hydrogen-bond acceptors (Lipinski definition) is 0. The second kappa shape index (κ2) is 13.8. The van der Waals surface area contributed by atoms with Crippen LogP contribution in [-0.2, 0) is 24.2 Å². The predicted molar refractivity (Wildman–Crippen MR) is 124 cm³/mol. The van der Waals surface area contributed by atoms with E-state index in [0.29, 0.717) is 5.92 Å². The molecule has 0 radical (unpaired) electrons. The molecule has 1 aliphatic carbocycles. The van der Waals surface area contributed by atoms with Gasteiger partial charge in [-0.3, -0.25) is 6.08 Å². The zero-order valence-electron chi connectivity index (χ0n) is 18.1. The number of benzene rings is 2. The first-order valence-electron chi connectivity index (χ1n) is 9.51. The molecule has 1 aliphatic rings. The largest absolute Gasteiger partial charge is 1.00 e. The molecule has 4 rings (SSSR count). The Bertz CT molecular complexity index is 1000. The van der Waals surface area contributed by atoms with E-state index >= 15 is 0 Å². The molecule has 0 nitrogen and oxygen atoms in total. The van der Waals surface area contributed by atoms with E-state index in [4.69, 9.17) is 0 Å². The van der Waals surface area contributed by atoms with Crippen LogP contribution in [0.4, 0.5) is 0 Å². The summed E-state index contributed by atoms with van der Waals surface area (Å²) in [7, 11) is 0. The van der Waals surface area contributed by atoms with Crippen molar-refractivity contribution in [1.82, 2.24) is 0 Å². The van der Waals surface area contributed by atoms with Crippen LogP contribution in [0.5, 0.6) is 0 Å². The van der Waals surface area contributed by atoms with Gasteiger partial charge in [-0.1, -0.05) is 62.4 Å². The van der Waals surface area contributed by atoms with Crippen LogP contribution in [0.25, 0.3) is 33.7 Å². The minimum Gasteiger partial charge on any atom is -1.00 e. The fraction of sp³-hybridized carbons (Fsp3) is 0.185. The van der Waals surface area contributed by atoms with Crippen LogP contribution < -0.4 is 24.8 Å². The third-order valence-electron chi connectivity index (χ3n) is 4.31. The summed E-state index contributed by atoms with van der Waals surface area (Å²) in [6.07, 6.45) is 11.1. The third kappa shape index (κ3) is 8.39. The number of rotatable bonds is 2. The molecule has 30 heavy (non-hydrogen) atoms. The van der Waals surface area contributed by atoms with Crippen molar-refractivity contribution in [2.45, 2.75) is 27.7 Å². The number of allylic oxidation sites excluding steroid dienone is 4. The molecule has 1 atom stereocenters. The smallest absolute Gasteiger partial charge is 1.00 e. The van der Waals surface area contributed by atoms with Gasteiger partial charge in [-0.2, -0.15) is 6.08 Å². The van der Waals surface area contributed by atoms with E-state index in [0.717, 1.165) is 11.1 Å². The van der Waals surface area contributed by atoms with Crippen LogP contribution in [0.1, 0.15) is 38.8 Å². The van der Waals surface area contributed by atoms with Crippen molar-refractivity contribution < 1.29 is 49.0 Å². The summed E-state index contributed by atoms with van der Waals surface area (Å²) < 4.78 is 1.51. The Balaban J connectivity index is 0.000000546. The van der Waals surface area contributed by atoms with E-state index in [1.165, 1.54) is 30.3 Å². The Kier molecular flexibility index (Phi) is 13.2. The van der Waals surface area contributed by atoms with Crippen LogP contribution in [0.15, 0.2) is 73.3 Å². The van der Waals surface area contributed by atoms with E-state index in [9.17, 15) is 0 Å². The maximum absolute atomic E-state index is 3.82. The Hall–Kier alpha value is -1.40. The van der Waals surface area contributed by atoms with Gasteiger partial charge in [0, 0.05) is 0 Å². The van der Waals surface area contributed by atoms with Gasteiger partial charge in [0.05, 0.1) is 0 Å². The third-order valence-corrected chi connectivity index (χ3v) is 4.31. The van der Waals surface area contributed by atoms with Gasteiger partial charge in [0.1, 0.15) is 0 Å². The molecule has 156 valence electrons. The summed E-state index contributed by atoms with van der Waals surface area (Å²) in [6.45, 7) is 16.1. The maximum atomic E-state index is 3.82. The molecule has 0 aromatic heterocycles. The molecule has 0 fully saturated rings. The minimum atomic E-state index is 0. The van der Waals surface area contributed by atoms with Crippen molar-refractivity contribution in [3.8, 4) is 0 Å². The van der Waals surface area contributed by atoms with Gasteiger partial charge in [-0.05, 0) is 11.1 Å². The van der Waals surface area contributed by atoms with Gasteiger partial charge < -0.3 is 24.8 Å². The Morgan fingerprint density at radius 2 is 1.40 bits per heavy atom. The summed E-state index contributed by atoms with van der Waals surface area (Å²) in [4.78, 5) is 0. The van der Waals surface area contributed by atoms with Gasteiger partial charge in [0.25, 0.3) is 0 Å². The molecule has 3 aromatic rings.